The van der Waals surface area contributed by atoms with Gasteiger partial charge in [-0.05, 0) is 37.5 Å². The van der Waals surface area contributed by atoms with Gasteiger partial charge in [-0.2, -0.15) is 0 Å². The molecule has 0 saturated carbocycles. The SMILES string of the molecule is CCNC(=NCc1ccc(S(N)(=O)=O)s1)NCCCc1ccccc1.I. The first-order chi connectivity index (χ1) is 12.0. The Morgan fingerprint density at radius 2 is 1.88 bits per heavy atom. The predicted octanol–water partition coefficient (Wildman–Crippen LogP) is 2.70. The topological polar surface area (TPSA) is 96.6 Å². The number of aryl methyl sites for hydroxylation is 1. The molecule has 0 saturated heterocycles. The van der Waals surface area contributed by atoms with Gasteiger partial charge in [0.2, 0.25) is 10.0 Å². The van der Waals surface area contributed by atoms with E-state index < -0.39 is 10.0 Å². The van der Waals surface area contributed by atoms with Gasteiger partial charge in [-0.15, -0.1) is 35.3 Å². The van der Waals surface area contributed by atoms with Crippen molar-refractivity contribution in [1.82, 2.24) is 10.6 Å². The van der Waals surface area contributed by atoms with Gasteiger partial charge in [-0.3, -0.25) is 0 Å². The van der Waals surface area contributed by atoms with E-state index in [2.05, 4.69) is 27.8 Å². The van der Waals surface area contributed by atoms with Crippen LogP contribution in [-0.2, 0) is 23.0 Å². The van der Waals surface area contributed by atoms with Crippen LogP contribution in [0.15, 0.2) is 51.7 Å². The summed E-state index contributed by atoms with van der Waals surface area (Å²) in [4.78, 5) is 5.35. The summed E-state index contributed by atoms with van der Waals surface area (Å²) < 4.78 is 22.8. The minimum absolute atomic E-state index is 0. The lowest BCUT2D eigenvalue weighted by molar-refractivity contribution is 0.600. The third-order valence-electron chi connectivity index (χ3n) is 3.43. The molecule has 1 aromatic heterocycles. The average Bonchev–Trinajstić information content (AvgIpc) is 3.07. The Morgan fingerprint density at radius 3 is 2.50 bits per heavy atom. The lowest BCUT2D eigenvalue weighted by Gasteiger charge is -2.11. The zero-order valence-corrected chi connectivity index (χ0v) is 18.6. The minimum atomic E-state index is -3.64. The second-order valence-corrected chi connectivity index (χ2v) is 8.43. The van der Waals surface area contributed by atoms with Crippen molar-refractivity contribution < 1.29 is 8.42 Å². The van der Waals surface area contributed by atoms with E-state index in [-0.39, 0.29) is 28.2 Å². The van der Waals surface area contributed by atoms with Crippen LogP contribution in [0.1, 0.15) is 23.8 Å². The van der Waals surface area contributed by atoms with Crippen molar-refractivity contribution in [3.63, 3.8) is 0 Å². The summed E-state index contributed by atoms with van der Waals surface area (Å²) in [5, 5.41) is 11.6. The molecular weight excluding hydrogens is 483 g/mol. The molecule has 0 fully saturated rings. The summed E-state index contributed by atoms with van der Waals surface area (Å²) in [6.07, 6.45) is 2.01. The highest BCUT2D eigenvalue weighted by molar-refractivity contribution is 14.0. The molecule has 26 heavy (non-hydrogen) atoms. The number of thiophene rings is 1. The molecule has 2 aromatic rings. The Bertz CT molecular complexity index is 792. The molecule has 9 heteroatoms. The van der Waals surface area contributed by atoms with E-state index in [1.54, 1.807) is 6.07 Å². The lowest BCUT2D eigenvalue weighted by Crippen LogP contribution is -2.37. The molecule has 0 aliphatic heterocycles. The number of sulfonamides is 1. The molecule has 144 valence electrons. The third-order valence-corrected chi connectivity index (χ3v) is 5.94. The Balaban J connectivity index is 0.00000338. The normalized spacial score (nSPS) is 11.7. The smallest absolute Gasteiger partial charge is 0.247 e. The number of hydrogen-bond acceptors (Lipinski definition) is 4. The van der Waals surface area contributed by atoms with Crippen LogP contribution in [0.4, 0.5) is 0 Å². The minimum Gasteiger partial charge on any atom is -0.357 e. The molecule has 6 nitrogen and oxygen atoms in total. The van der Waals surface area contributed by atoms with E-state index >= 15 is 0 Å². The Morgan fingerprint density at radius 1 is 1.15 bits per heavy atom. The molecule has 0 amide bonds. The number of aliphatic imine (C=N–C) groups is 1. The van der Waals surface area contributed by atoms with E-state index in [0.717, 1.165) is 48.1 Å². The van der Waals surface area contributed by atoms with Crippen LogP contribution >= 0.6 is 35.3 Å². The van der Waals surface area contributed by atoms with Gasteiger partial charge in [0.25, 0.3) is 0 Å². The van der Waals surface area contributed by atoms with Gasteiger partial charge in [-0.25, -0.2) is 18.5 Å². The third kappa shape index (κ3) is 8.02. The van der Waals surface area contributed by atoms with Crippen molar-refractivity contribution in [2.75, 3.05) is 13.1 Å². The van der Waals surface area contributed by atoms with Gasteiger partial charge in [-0.1, -0.05) is 30.3 Å². The largest absolute Gasteiger partial charge is 0.357 e. The molecule has 0 spiro atoms. The molecule has 2 rings (SSSR count). The number of nitrogens with two attached hydrogens (primary N) is 1. The summed E-state index contributed by atoms with van der Waals surface area (Å²) in [6, 6.07) is 13.6. The zero-order chi connectivity index (χ0) is 18.1. The number of rotatable bonds is 8. The summed E-state index contributed by atoms with van der Waals surface area (Å²) in [6.45, 7) is 3.99. The van der Waals surface area contributed by atoms with Crippen molar-refractivity contribution in [1.29, 1.82) is 0 Å². The summed E-state index contributed by atoms with van der Waals surface area (Å²) >= 11 is 1.15. The average molecular weight is 508 g/mol. The summed E-state index contributed by atoms with van der Waals surface area (Å²) in [5.74, 6) is 0.723. The molecule has 1 heterocycles. The Labute approximate surface area is 176 Å². The van der Waals surface area contributed by atoms with Crippen LogP contribution in [0.3, 0.4) is 0 Å². The van der Waals surface area contributed by atoms with Crippen molar-refractivity contribution in [3.05, 3.63) is 52.9 Å². The van der Waals surface area contributed by atoms with Crippen LogP contribution in [0.2, 0.25) is 0 Å². The first-order valence-corrected chi connectivity index (χ1v) is 10.5. The summed E-state index contributed by atoms with van der Waals surface area (Å²) in [7, 11) is -3.64. The number of nitrogens with one attached hydrogen (secondary N) is 2. The van der Waals surface area contributed by atoms with Gasteiger partial charge in [0.1, 0.15) is 4.21 Å². The van der Waals surface area contributed by atoms with Crippen LogP contribution in [-0.4, -0.2) is 27.5 Å². The highest BCUT2D eigenvalue weighted by atomic mass is 127. The van der Waals surface area contributed by atoms with Crippen LogP contribution < -0.4 is 15.8 Å². The Kier molecular flexibility index (Phi) is 10.1. The number of hydrogen-bond donors (Lipinski definition) is 3. The van der Waals surface area contributed by atoms with Crippen LogP contribution in [0, 0.1) is 0 Å². The predicted molar refractivity (Wildman–Crippen MR) is 119 cm³/mol. The Hall–Kier alpha value is -1.17. The van der Waals surface area contributed by atoms with Crippen LogP contribution in [0.5, 0.6) is 0 Å². The van der Waals surface area contributed by atoms with Crippen molar-refractivity contribution in [3.8, 4) is 0 Å². The highest BCUT2D eigenvalue weighted by Crippen LogP contribution is 2.20. The molecule has 0 atom stereocenters. The number of guanidine groups is 1. The van der Waals surface area contributed by atoms with Crippen molar-refractivity contribution in [2.45, 2.75) is 30.5 Å². The monoisotopic (exact) mass is 508 g/mol. The zero-order valence-electron chi connectivity index (χ0n) is 14.6. The van der Waals surface area contributed by atoms with Gasteiger partial charge in [0.15, 0.2) is 5.96 Å². The fraction of sp³-hybridized carbons (Fsp3) is 0.353. The second-order valence-electron chi connectivity index (χ2n) is 5.48. The van der Waals surface area contributed by atoms with Gasteiger partial charge in [0, 0.05) is 18.0 Å². The van der Waals surface area contributed by atoms with Crippen LogP contribution in [0.25, 0.3) is 0 Å². The van der Waals surface area contributed by atoms with Crippen molar-refractivity contribution in [2.24, 2.45) is 10.1 Å². The molecule has 0 bridgehead atoms. The maximum atomic E-state index is 11.3. The number of primary sulfonamides is 1. The maximum absolute atomic E-state index is 11.3. The molecule has 0 unspecified atom stereocenters. The second kappa shape index (κ2) is 11.5. The maximum Gasteiger partial charge on any atom is 0.247 e. The van der Waals surface area contributed by atoms with E-state index in [9.17, 15) is 8.42 Å². The fourth-order valence-corrected chi connectivity index (χ4v) is 3.94. The molecule has 4 N–H and O–H groups in total. The quantitative estimate of drug-likeness (QED) is 0.221. The van der Waals surface area contributed by atoms with E-state index in [0.29, 0.717) is 6.54 Å². The number of benzene rings is 1. The van der Waals surface area contributed by atoms with Gasteiger partial charge < -0.3 is 10.6 Å². The first-order valence-electron chi connectivity index (χ1n) is 8.16. The molecule has 1 aromatic carbocycles. The summed E-state index contributed by atoms with van der Waals surface area (Å²) in [5.41, 5.74) is 1.32. The van der Waals surface area contributed by atoms with Gasteiger partial charge >= 0.3 is 0 Å². The number of halogens is 1. The fourth-order valence-electron chi connectivity index (χ4n) is 2.24. The first kappa shape index (κ1) is 22.9. The van der Waals surface area contributed by atoms with Gasteiger partial charge in [0.05, 0.1) is 6.54 Å². The van der Waals surface area contributed by atoms with E-state index in [1.807, 2.05) is 25.1 Å². The highest BCUT2D eigenvalue weighted by Gasteiger charge is 2.10. The van der Waals surface area contributed by atoms with E-state index in [4.69, 9.17) is 5.14 Å². The van der Waals surface area contributed by atoms with Crippen molar-refractivity contribution >= 4 is 51.3 Å². The number of nitrogens with zero attached hydrogens (tertiary/aromatic N) is 1. The van der Waals surface area contributed by atoms with E-state index in [1.165, 1.54) is 11.6 Å². The molecule has 0 radical (unpaired) electrons. The molecular formula is C17H25IN4O2S2. The lowest BCUT2D eigenvalue weighted by atomic mass is 10.1. The molecule has 0 aliphatic rings. The molecule has 0 aliphatic carbocycles. The standard InChI is InChI=1S/C17H24N4O2S2.HI/c1-2-19-17(20-12-6-9-14-7-4-3-5-8-14)21-13-15-10-11-16(24-15)25(18,22)23;/h3-5,7-8,10-11H,2,6,9,12-13H2,1H3,(H2,18,22,23)(H2,19,20,21);1H.